The summed E-state index contributed by atoms with van der Waals surface area (Å²) in [6.45, 7) is 2.03. The highest BCUT2D eigenvalue weighted by atomic mass is 127. The van der Waals surface area contributed by atoms with Gasteiger partial charge in [-0.1, -0.05) is 25.7 Å². The number of nitrogens with one attached hydrogen (secondary N) is 2. The summed E-state index contributed by atoms with van der Waals surface area (Å²) in [5.41, 5.74) is 0. The predicted molar refractivity (Wildman–Crippen MR) is 121 cm³/mol. The van der Waals surface area contributed by atoms with Crippen LogP contribution in [0, 0.1) is 5.92 Å². The molecule has 8 heteroatoms. The lowest BCUT2D eigenvalue weighted by Crippen LogP contribution is -2.39. The molecule has 0 radical (unpaired) electrons. The third-order valence-electron chi connectivity index (χ3n) is 4.70. The molecular weight excluding hydrogens is 477 g/mol. The normalized spacial score (nSPS) is 15.3. The summed E-state index contributed by atoms with van der Waals surface area (Å²) in [6, 6.07) is 6.46. The van der Waals surface area contributed by atoms with Gasteiger partial charge in [-0.25, -0.2) is 8.42 Å². The van der Waals surface area contributed by atoms with Crippen molar-refractivity contribution in [2.24, 2.45) is 10.9 Å². The second kappa shape index (κ2) is 12.4. The number of aliphatic imine (C=N–C) groups is 1. The van der Waals surface area contributed by atoms with Crippen molar-refractivity contribution < 1.29 is 13.2 Å². The lowest BCUT2D eigenvalue weighted by atomic mass is 10.0. The highest BCUT2D eigenvalue weighted by molar-refractivity contribution is 14.0. The maximum absolute atomic E-state index is 11.4. The quantitative estimate of drug-likeness (QED) is 0.231. The number of ether oxygens (including phenoxy) is 1. The molecule has 154 valence electrons. The van der Waals surface area contributed by atoms with Crippen LogP contribution in [0.15, 0.2) is 34.2 Å². The molecule has 0 amide bonds. The average molecular weight is 509 g/mol. The molecule has 0 unspecified atom stereocenters. The Hall–Kier alpha value is -1.03. The number of guanidine groups is 1. The van der Waals surface area contributed by atoms with Crippen LogP contribution in [-0.4, -0.2) is 47.4 Å². The lowest BCUT2D eigenvalue weighted by Gasteiger charge is -2.13. The molecule has 2 N–H and O–H groups in total. The van der Waals surface area contributed by atoms with Crippen LogP contribution < -0.4 is 15.4 Å². The Morgan fingerprint density at radius 3 is 2.37 bits per heavy atom. The average Bonchev–Trinajstić information content (AvgIpc) is 3.13. The van der Waals surface area contributed by atoms with Gasteiger partial charge in [0.25, 0.3) is 0 Å². The molecule has 1 aliphatic carbocycles. The summed E-state index contributed by atoms with van der Waals surface area (Å²) in [5.74, 6) is 2.36. The smallest absolute Gasteiger partial charge is 0.191 e. The van der Waals surface area contributed by atoms with Crippen LogP contribution in [0.4, 0.5) is 0 Å². The number of hydrogen-bond acceptors (Lipinski definition) is 4. The van der Waals surface area contributed by atoms with E-state index < -0.39 is 9.84 Å². The summed E-state index contributed by atoms with van der Waals surface area (Å²) < 4.78 is 28.5. The Balaban J connectivity index is 0.00000364. The maximum atomic E-state index is 11.4. The Bertz CT molecular complexity index is 672. The zero-order valence-corrected chi connectivity index (χ0v) is 19.4. The van der Waals surface area contributed by atoms with E-state index in [1.54, 1.807) is 31.3 Å². The molecule has 0 saturated heterocycles. The van der Waals surface area contributed by atoms with E-state index in [1.165, 1.54) is 44.8 Å². The van der Waals surface area contributed by atoms with E-state index in [0.29, 0.717) is 23.8 Å². The van der Waals surface area contributed by atoms with E-state index in [9.17, 15) is 8.42 Å². The van der Waals surface area contributed by atoms with Crippen molar-refractivity contribution in [2.75, 3.05) is 33.0 Å². The van der Waals surface area contributed by atoms with Crippen LogP contribution in [0.2, 0.25) is 0 Å². The SMILES string of the molecule is CN=C(NCCCC1CCCC1)NCCOc1ccc(S(C)(=O)=O)cc1.I. The second-order valence-electron chi connectivity index (χ2n) is 6.81. The summed E-state index contributed by atoms with van der Waals surface area (Å²) in [6.07, 6.45) is 9.27. The molecule has 1 aliphatic rings. The van der Waals surface area contributed by atoms with Gasteiger partial charge in [0.1, 0.15) is 12.4 Å². The Morgan fingerprint density at radius 2 is 1.78 bits per heavy atom. The first-order chi connectivity index (χ1) is 12.5. The summed E-state index contributed by atoms with van der Waals surface area (Å²) in [4.78, 5) is 4.51. The van der Waals surface area contributed by atoms with Gasteiger partial charge in [0, 0.05) is 19.8 Å². The van der Waals surface area contributed by atoms with Crippen molar-refractivity contribution in [2.45, 2.75) is 43.4 Å². The van der Waals surface area contributed by atoms with Crippen molar-refractivity contribution in [3.05, 3.63) is 24.3 Å². The minimum absolute atomic E-state index is 0. The van der Waals surface area contributed by atoms with E-state index in [1.807, 2.05) is 0 Å². The minimum atomic E-state index is -3.17. The topological polar surface area (TPSA) is 79.8 Å². The predicted octanol–water partition coefficient (Wildman–Crippen LogP) is 3.22. The number of halogens is 1. The van der Waals surface area contributed by atoms with Gasteiger partial charge in [-0.3, -0.25) is 4.99 Å². The van der Waals surface area contributed by atoms with Crippen LogP contribution in [0.25, 0.3) is 0 Å². The van der Waals surface area contributed by atoms with Crippen molar-refractivity contribution in [1.29, 1.82) is 0 Å². The van der Waals surface area contributed by atoms with Gasteiger partial charge < -0.3 is 15.4 Å². The molecule has 2 rings (SSSR count). The Morgan fingerprint density at radius 1 is 1.15 bits per heavy atom. The largest absolute Gasteiger partial charge is 0.492 e. The van der Waals surface area contributed by atoms with Gasteiger partial charge in [-0.2, -0.15) is 0 Å². The third kappa shape index (κ3) is 9.14. The van der Waals surface area contributed by atoms with Crippen LogP contribution >= 0.6 is 24.0 Å². The van der Waals surface area contributed by atoms with Crippen molar-refractivity contribution in [1.82, 2.24) is 10.6 Å². The number of hydrogen-bond donors (Lipinski definition) is 2. The molecule has 1 aromatic rings. The van der Waals surface area contributed by atoms with E-state index >= 15 is 0 Å². The van der Waals surface area contributed by atoms with Gasteiger partial charge in [0.2, 0.25) is 0 Å². The summed E-state index contributed by atoms with van der Waals surface area (Å²) >= 11 is 0. The Kier molecular flexibility index (Phi) is 11.1. The van der Waals surface area contributed by atoms with Crippen molar-refractivity contribution >= 4 is 39.8 Å². The van der Waals surface area contributed by atoms with Crippen LogP contribution in [0.3, 0.4) is 0 Å². The highest BCUT2D eigenvalue weighted by Gasteiger charge is 2.14. The maximum Gasteiger partial charge on any atom is 0.191 e. The van der Waals surface area contributed by atoms with Crippen molar-refractivity contribution in [3.63, 3.8) is 0 Å². The number of sulfone groups is 1. The second-order valence-corrected chi connectivity index (χ2v) is 8.83. The molecule has 0 aromatic heterocycles. The number of rotatable bonds is 9. The first-order valence-electron chi connectivity index (χ1n) is 9.36. The molecule has 6 nitrogen and oxygen atoms in total. The Labute approximate surface area is 180 Å². The molecule has 27 heavy (non-hydrogen) atoms. The van der Waals surface area contributed by atoms with E-state index in [-0.39, 0.29) is 24.0 Å². The minimum Gasteiger partial charge on any atom is -0.492 e. The van der Waals surface area contributed by atoms with Crippen LogP contribution in [0.1, 0.15) is 38.5 Å². The molecular formula is C19H32IN3O3S. The van der Waals surface area contributed by atoms with Gasteiger partial charge >= 0.3 is 0 Å². The fourth-order valence-corrected chi connectivity index (χ4v) is 3.87. The molecule has 0 spiro atoms. The van der Waals surface area contributed by atoms with Gasteiger partial charge in [0.15, 0.2) is 15.8 Å². The molecule has 1 saturated carbocycles. The first-order valence-corrected chi connectivity index (χ1v) is 11.3. The van der Waals surface area contributed by atoms with Gasteiger partial charge in [0.05, 0.1) is 11.4 Å². The molecule has 0 atom stereocenters. The molecule has 0 bridgehead atoms. The van der Waals surface area contributed by atoms with E-state index in [0.717, 1.165) is 18.4 Å². The zero-order chi connectivity index (χ0) is 18.8. The van der Waals surface area contributed by atoms with Gasteiger partial charge in [-0.15, -0.1) is 24.0 Å². The van der Waals surface area contributed by atoms with E-state index in [4.69, 9.17) is 4.74 Å². The number of benzene rings is 1. The standard InChI is InChI=1S/C19H31N3O3S.HI/c1-20-19(21-13-5-8-16-6-3-4-7-16)22-14-15-25-17-9-11-18(12-10-17)26(2,23)24;/h9-12,16H,3-8,13-15H2,1-2H3,(H2,20,21,22);1H. The zero-order valence-electron chi connectivity index (χ0n) is 16.2. The monoisotopic (exact) mass is 509 g/mol. The fourth-order valence-electron chi connectivity index (χ4n) is 3.24. The molecule has 1 fully saturated rings. The summed E-state index contributed by atoms with van der Waals surface area (Å²) in [7, 11) is -1.41. The third-order valence-corrected chi connectivity index (χ3v) is 5.82. The number of nitrogens with zero attached hydrogens (tertiary/aromatic N) is 1. The van der Waals surface area contributed by atoms with E-state index in [2.05, 4.69) is 15.6 Å². The fraction of sp³-hybridized carbons (Fsp3) is 0.632. The van der Waals surface area contributed by atoms with Crippen LogP contribution in [-0.2, 0) is 9.84 Å². The van der Waals surface area contributed by atoms with Crippen molar-refractivity contribution in [3.8, 4) is 5.75 Å². The highest BCUT2D eigenvalue weighted by Crippen LogP contribution is 2.28. The lowest BCUT2D eigenvalue weighted by molar-refractivity contribution is 0.321. The molecule has 0 heterocycles. The summed E-state index contributed by atoms with van der Waals surface area (Å²) in [5, 5.41) is 6.55. The first kappa shape index (κ1) is 24.0. The molecule has 0 aliphatic heterocycles. The van der Waals surface area contributed by atoms with Crippen LogP contribution in [0.5, 0.6) is 5.75 Å². The van der Waals surface area contributed by atoms with Gasteiger partial charge in [-0.05, 0) is 43.0 Å². The molecule has 1 aromatic carbocycles.